The second-order valence-corrected chi connectivity index (χ2v) is 6.30. The molecule has 110 valence electrons. The number of rotatable bonds is 6. The third kappa shape index (κ3) is 3.83. The van der Waals surface area contributed by atoms with Crippen LogP contribution in [0.1, 0.15) is 56.7 Å². The molecular formula is C17H26N2O. The highest BCUT2D eigenvalue weighted by Crippen LogP contribution is 2.36. The first kappa shape index (κ1) is 15.0. The monoisotopic (exact) mass is 274 g/mol. The van der Waals surface area contributed by atoms with Crippen LogP contribution in [-0.4, -0.2) is 12.5 Å². The lowest BCUT2D eigenvalue weighted by atomic mass is 9.99. The highest BCUT2D eigenvalue weighted by atomic mass is 16.1. The molecule has 3 heteroatoms. The quantitative estimate of drug-likeness (QED) is 0.838. The van der Waals surface area contributed by atoms with Crippen LogP contribution in [0.4, 0.5) is 0 Å². The van der Waals surface area contributed by atoms with Gasteiger partial charge in [-0.3, -0.25) is 4.79 Å². The lowest BCUT2D eigenvalue weighted by Gasteiger charge is -2.16. The van der Waals surface area contributed by atoms with Gasteiger partial charge in [-0.15, -0.1) is 0 Å². The van der Waals surface area contributed by atoms with Crippen molar-refractivity contribution < 1.29 is 4.79 Å². The van der Waals surface area contributed by atoms with Gasteiger partial charge < -0.3 is 11.1 Å². The van der Waals surface area contributed by atoms with Crippen molar-refractivity contribution in [1.29, 1.82) is 0 Å². The van der Waals surface area contributed by atoms with Crippen LogP contribution in [0.5, 0.6) is 0 Å². The minimum atomic E-state index is -0.133. The molecule has 0 bridgehead atoms. The number of carbonyl (C=O) groups is 1. The summed E-state index contributed by atoms with van der Waals surface area (Å²) in [5, 5.41) is 2.98. The Labute approximate surface area is 121 Å². The summed E-state index contributed by atoms with van der Waals surface area (Å²) in [6.45, 7) is 6.87. The Bertz CT molecular complexity index is 449. The first-order chi connectivity index (χ1) is 9.49. The van der Waals surface area contributed by atoms with Gasteiger partial charge >= 0.3 is 0 Å². The molecule has 1 aromatic carbocycles. The van der Waals surface area contributed by atoms with Crippen molar-refractivity contribution in [1.82, 2.24) is 5.32 Å². The Morgan fingerprint density at radius 3 is 2.25 bits per heavy atom. The standard InChI is InChI=1S/C17H26N2O/c1-11(2)13-4-8-15(9-5-13)16(18)10-19-17(20)12(3)14-6-7-14/h4-5,8-9,11-12,14,16H,6-7,10,18H2,1-3H3,(H,19,20). The summed E-state index contributed by atoms with van der Waals surface area (Å²) in [5.41, 5.74) is 8.54. The molecule has 2 unspecified atom stereocenters. The van der Waals surface area contributed by atoms with E-state index in [9.17, 15) is 4.79 Å². The van der Waals surface area contributed by atoms with Crippen LogP contribution in [0.15, 0.2) is 24.3 Å². The lowest BCUT2D eigenvalue weighted by Crippen LogP contribution is -2.35. The Morgan fingerprint density at radius 2 is 1.75 bits per heavy atom. The van der Waals surface area contributed by atoms with Crippen molar-refractivity contribution in [2.45, 2.75) is 45.6 Å². The molecule has 2 atom stereocenters. The van der Waals surface area contributed by atoms with Gasteiger partial charge in [0, 0.05) is 18.5 Å². The molecule has 0 aliphatic heterocycles. The molecule has 2 rings (SSSR count). The molecule has 1 fully saturated rings. The second kappa shape index (κ2) is 6.40. The van der Waals surface area contributed by atoms with Gasteiger partial charge in [-0.05, 0) is 35.8 Å². The molecule has 3 N–H and O–H groups in total. The molecule has 0 saturated heterocycles. The summed E-state index contributed by atoms with van der Waals surface area (Å²) >= 11 is 0. The third-order valence-electron chi connectivity index (χ3n) is 4.27. The molecule has 1 aliphatic rings. The summed E-state index contributed by atoms with van der Waals surface area (Å²) in [5.74, 6) is 1.39. The number of hydrogen-bond acceptors (Lipinski definition) is 2. The number of nitrogens with one attached hydrogen (secondary N) is 1. The van der Waals surface area contributed by atoms with E-state index in [0.29, 0.717) is 18.4 Å². The van der Waals surface area contributed by atoms with Crippen LogP contribution in [0.2, 0.25) is 0 Å². The Morgan fingerprint density at radius 1 is 1.20 bits per heavy atom. The number of amides is 1. The van der Waals surface area contributed by atoms with E-state index >= 15 is 0 Å². The van der Waals surface area contributed by atoms with Gasteiger partial charge in [0.2, 0.25) is 5.91 Å². The van der Waals surface area contributed by atoms with Gasteiger partial charge in [0.05, 0.1) is 0 Å². The van der Waals surface area contributed by atoms with Gasteiger partial charge in [-0.1, -0.05) is 45.0 Å². The number of hydrogen-bond donors (Lipinski definition) is 2. The zero-order chi connectivity index (χ0) is 14.7. The number of carbonyl (C=O) groups excluding carboxylic acids is 1. The van der Waals surface area contributed by atoms with E-state index in [4.69, 9.17) is 5.73 Å². The van der Waals surface area contributed by atoms with Crippen molar-refractivity contribution in [3.05, 3.63) is 35.4 Å². The average molecular weight is 274 g/mol. The molecule has 1 saturated carbocycles. The normalized spacial score (nSPS) is 17.9. The smallest absolute Gasteiger partial charge is 0.223 e. The van der Waals surface area contributed by atoms with E-state index < -0.39 is 0 Å². The fraction of sp³-hybridized carbons (Fsp3) is 0.588. The van der Waals surface area contributed by atoms with Crippen molar-refractivity contribution in [2.75, 3.05) is 6.54 Å². The van der Waals surface area contributed by atoms with Crippen LogP contribution < -0.4 is 11.1 Å². The third-order valence-corrected chi connectivity index (χ3v) is 4.27. The van der Waals surface area contributed by atoms with Crippen LogP contribution in [0, 0.1) is 11.8 Å². The van der Waals surface area contributed by atoms with Gasteiger partial charge in [0.25, 0.3) is 0 Å². The molecule has 0 aromatic heterocycles. The zero-order valence-corrected chi connectivity index (χ0v) is 12.7. The van der Waals surface area contributed by atoms with Crippen molar-refractivity contribution in [3.8, 4) is 0 Å². The minimum Gasteiger partial charge on any atom is -0.354 e. The predicted octanol–water partition coefficient (Wildman–Crippen LogP) is 2.97. The van der Waals surface area contributed by atoms with E-state index in [1.807, 2.05) is 6.92 Å². The SMILES string of the molecule is CC(C)c1ccc(C(N)CNC(=O)C(C)C2CC2)cc1. The molecule has 20 heavy (non-hydrogen) atoms. The maximum absolute atomic E-state index is 11.9. The van der Waals surface area contributed by atoms with E-state index in [0.717, 1.165) is 5.56 Å². The van der Waals surface area contributed by atoms with Crippen LogP contribution in [-0.2, 0) is 4.79 Å². The van der Waals surface area contributed by atoms with E-state index in [2.05, 4.69) is 43.4 Å². The van der Waals surface area contributed by atoms with E-state index in [-0.39, 0.29) is 17.9 Å². The second-order valence-electron chi connectivity index (χ2n) is 6.30. The molecule has 1 aromatic rings. The van der Waals surface area contributed by atoms with Crippen molar-refractivity contribution >= 4 is 5.91 Å². The fourth-order valence-corrected chi connectivity index (χ4v) is 2.43. The maximum Gasteiger partial charge on any atom is 0.223 e. The van der Waals surface area contributed by atoms with Gasteiger partial charge in [0.15, 0.2) is 0 Å². The zero-order valence-electron chi connectivity index (χ0n) is 12.7. The summed E-state index contributed by atoms with van der Waals surface area (Å²) in [6.07, 6.45) is 2.38. The average Bonchev–Trinajstić information content (AvgIpc) is 3.28. The summed E-state index contributed by atoms with van der Waals surface area (Å²) in [4.78, 5) is 11.9. The molecule has 0 radical (unpaired) electrons. The summed E-state index contributed by atoms with van der Waals surface area (Å²) in [7, 11) is 0. The van der Waals surface area contributed by atoms with E-state index in [1.54, 1.807) is 0 Å². The predicted molar refractivity (Wildman–Crippen MR) is 82.4 cm³/mol. The molecule has 0 heterocycles. The van der Waals surface area contributed by atoms with Crippen LogP contribution >= 0.6 is 0 Å². The molecule has 1 amide bonds. The molecule has 3 nitrogen and oxygen atoms in total. The Hall–Kier alpha value is -1.35. The number of nitrogens with two attached hydrogens (primary N) is 1. The van der Waals surface area contributed by atoms with Crippen LogP contribution in [0.3, 0.4) is 0 Å². The summed E-state index contributed by atoms with van der Waals surface area (Å²) < 4.78 is 0. The topological polar surface area (TPSA) is 55.1 Å². The first-order valence-electron chi connectivity index (χ1n) is 7.62. The molecular weight excluding hydrogens is 248 g/mol. The van der Waals surface area contributed by atoms with Gasteiger partial charge in [-0.2, -0.15) is 0 Å². The molecule has 1 aliphatic carbocycles. The number of benzene rings is 1. The van der Waals surface area contributed by atoms with E-state index in [1.165, 1.54) is 18.4 Å². The highest BCUT2D eigenvalue weighted by Gasteiger charge is 2.32. The van der Waals surface area contributed by atoms with Crippen molar-refractivity contribution in [2.24, 2.45) is 17.6 Å². The molecule has 0 spiro atoms. The Kier molecular flexibility index (Phi) is 4.81. The lowest BCUT2D eigenvalue weighted by molar-refractivity contribution is -0.125. The van der Waals surface area contributed by atoms with Crippen molar-refractivity contribution in [3.63, 3.8) is 0 Å². The maximum atomic E-state index is 11.9. The van der Waals surface area contributed by atoms with Gasteiger partial charge in [0.1, 0.15) is 0 Å². The van der Waals surface area contributed by atoms with Crippen LogP contribution in [0.25, 0.3) is 0 Å². The highest BCUT2D eigenvalue weighted by molar-refractivity contribution is 5.78. The Balaban J connectivity index is 1.84. The fourth-order valence-electron chi connectivity index (χ4n) is 2.43. The van der Waals surface area contributed by atoms with Gasteiger partial charge in [-0.25, -0.2) is 0 Å². The minimum absolute atomic E-state index is 0.130. The summed E-state index contributed by atoms with van der Waals surface area (Å²) in [6, 6.07) is 8.24. The largest absolute Gasteiger partial charge is 0.354 e. The first-order valence-corrected chi connectivity index (χ1v) is 7.62.